The predicted molar refractivity (Wildman–Crippen MR) is 163 cm³/mol. The van der Waals surface area contributed by atoms with E-state index < -0.39 is 0 Å². The van der Waals surface area contributed by atoms with Crippen LogP contribution in [-0.4, -0.2) is 69.2 Å². The molecule has 0 amide bonds. The summed E-state index contributed by atoms with van der Waals surface area (Å²) in [6.07, 6.45) is 2.77. The number of H-pyrrole nitrogens is 1. The molecule has 1 aromatic carbocycles. The molecule has 5 N–H and O–H groups in total. The summed E-state index contributed by atoms with van der Waals surface area (Å²) < 4.78 is 14.2. The number of ether oxygens (including phenoxy) is 2. The van der Waals surface area contributed by atoms with Crippen molar-refractivity contribution in [2.45, 2.75) is 37.1 Å². The molecule has 0 bridgehead atoms. The maximum Gasteiger partial charge on any atom is 0.302 e. The van der Waals surface area contributed by atoms with Crippen LogP contribution in [0.1, 0.15) is 13.8 Å². The third-order valence-electron chi connectivity index (χ3n) is 5.99. The molecule has 0 atom stereocenters. The van der Waals surface area contributed by atoms with Gasteiger partial charge in [-0.2, -0.15) is 0 Å². The van der Waals surface area contributed by atoms with E-state index >= 15 is 0 Å². The second kappa shape index (κ2) is 13.0. The van der Waals surface area contributed by atoms with Crippen molar-refractivity contribution in [3.63, 3.8) is 0 Å². The Balaban J connectivity index is 0.000000188. The number of para-hydroxylation sites is 1. The Hall–Kier alpha value is -4.77. The molecule has 0 aliphatic rings. The van der Waals surface area contributed by atoms with Gasteiger partial charge in [-0.25, -0.2) is 29.9 Å². The number of esters is 2. The van der Waals surface area contributed by atoms with Gasteiger partial charge in [-0.1, -0.05) is 18.2 Å². The molecule has 0 fully saturated rings. The van der Waals surface area contributed by atoms with Crippen LogP contribution in [0.4, 0.5) is 11.6 Å². The van der Waals surface area contributed by atoms with E-state index in [9.17, 15) is 9.59 Å². The third-order valence-corrected chi connectivity index (χ3v) is 7.53. The topological polar surface area (TPSA) is 208 Å². The second-order valence-corrected chi connectivity index (χ2v) is 10.7. The van der Waals surface area contributed by atoms with Crippen LogP contribution >= 0.6 is 27.7 Å². The lowest BCUT2D eigenvalue weighted by Gasteiger charge is -2.07. The monoisotopic (exact) mass is 667 g/mol. The first-order chi connectivity index (χ1) is 20.7. The first kappa shape index (κ1) is 29.7. The number of carbonyl (C=O) groups excluding carboxylic acids is 2. The van der Waals surface area contributed by atoms with Crippen LogP contribution in [0, 0.1) is 0 Å². The largest absolute Gasteiger partial charge is 0.464 e. The summed E-state index contributed by atoms with van der Waals surface area (Å²) in [6, 6.07) is 10.1. The molecule has 0 radical (unpaired) electrons. The molecule has 5 heterocycles. The lowest BCUT2D eigenvalue weighted by atomic mass is 10.3. The van der Waals surface area contributed by atoms with Crippen LogP contribution in [-0.2, 0) is 32.2 Å². The van der Waals surface area contributed by atoms with Crippen LogP contribution in [0.25, 0.3) is 33.2 Å². The molecule has 43 heavy (non-hydrogen) atoms. The van der Waals surface area contributed by atoms with E-state index in [1.54, 1.807) is 4.57 Å². The number of carbonyl (C=O) groups is 2. The molecule has 0 aliphatic heterocycles. The van der Waals surface area contributed by atoms with E-state index in [0.29, 0.717) is 56.9 Å². The van der Waals surface area contributed by atoms with E-state index in [0.717, 1.165) is 15.9 Å². The lowest BCUT2D eigenvalue weighted by Crippen LogP contribution is -2.10. The normalized spacial score (nSPS) is 11.0. The Morgan fingerprint density at radius 1 is 0.884 bits per heavy atom. The van der Waals surface area contributed by atoms with Gasteiger partial charge in [0.15, 0.2) is 43.9 Å². The van der Waals surface area contributed by atoms with Crippen molar-refractivity contribution in [3.8, 4) is 0 Å². The molecular formula is C26H26BrN11O4S. The quantitative estimate of drug-likeness (QED) is 0.157. The van der Waals surface area contributed by atoms with Gasteiger partial charge in [0.2, 0.25) is 0 Å². The van der Waals surface area contributed by atoms with Gasteiger partial charge in [-0.15, -0.1) is 0 Å². The van der Waals surface area contributed by atoms with E-state index in [2.05, 4.69) is 56.9 Å². The van der Waals surface area contributed by atoms with Crippen molar-refractivity contribution >= 4 is 84.5 Å². The minimum atomic E-state index is -0.326. The maximum absolute atomic E-state index is 11.1. The van der Waals surface area contributed by atoms with E-state index in [1.807, 2.05) is 28.8 Å². The fourth-order valence-electron chi connectivity index (χ4n) is 4.10. The van der Waals surface area contributed by atoms with E-state index in [-0.39, 0.29) is 25.2 Å². The molecule has 222 valence electrons. The van der Waals surface area contributed by atoms with Gasteiger partial charge in [0.25, 0.3) is 0 Å². The minimum absolute atomic E-state index is 0.227. The van der Waals surface area contributed by atoms with Crippen molar-refractivity contribution in [1.29, 1.82) is 0 Å². The molecule has 0 saturated heterocycles. The molecule has 6 aromatic rings. The minimum Gasteiger partial charge on any atom is -0.464 e. The number of nitrogens with two attached hydrogens (primary N) is 2. The summed E-state index contributed by atoms with van der Waals surface area (Å²) in [5.74, 6) is -0.00488. The Morgan fingerprint density at radius 3 is 2.09 bits per heavy atom. The SMILES string of the molecule is CC(=O)OCCn1c(Br)nc2c(N)ncnc21.CC(=O)OCCn1c(Sc2cc3ccccc3[nH]2)nc2c(N)ncnc21. The number of benzene rings is 1. The zero-order chi connectivity index (χ0) is 30.5. The zero-order valence-corrected chi connectivity index (χ0v) is 25.4. The van der Waals surface area contributed by atoms with Crippen LogP contribution in [0.3, 0.4) is 0 Å². The number of halogens is 1. The molecule has 0 unspecified atom stereocenters. The number of nitrogens with one attached hydrogen (secondary N) is 1. The Kier molecular flexibility index (Phi) is 9.01. The van der Waals surface area contributed by atoms with Crippen LogP contribution in [0.2, 0.25) is 0 Å². The third kappa shape index (κ3) is 6.83. The molecule has 15 nitrogen and oxygen atoms in total. The number of hydrogen-bond donors (Lipinski definition) is 3. The van der Waals surface area contributed by atoms with Gasteiger partial charge >= 0.3 is 11.9 Å². The van der Waals surface area contributed by atoms with Crippen LogP contribution < -0.4 is 11.5 Å². The molecule has 0 spiro atoms. The Bertz CT molecular complexity index is 1900. The number of fused-ring (bicyclic) bond motifs is 3. The Labute approximate surface area is 256 Å². The van der Waals surface area contributed by atoms with Gasteiger partial charge in [0.1, 0.15) is 25.9 Å². The van der Waals surface area contributed by atoms with Crippen LogP contribution in [0.5, 0.6) is 0 Å². The van der Waals surface area contributed by atoms with Crippen LogP contribution in [0.15, 0.2) is 57.9 Å². The maximum atomic E-state index is 11.1. The molecule has 6 rings (SSSR count). The first-order valence-electron chi connectivity index (χ1n) is 12.8. The highest BCUT2D eigenvalue weighted by atomic mass is 79.9. The number of nitrogens with zero attached hydrogens (tertiary/aromatic N) is 8. The fraction of sp³-hybridized carbons (Fsp3) is 0.231. The van der Waals surface area contributed by atoms with E-state index in [4.69, 9.17) is 20.9 Å². The molecule has 17 heteroatoms. The highest BCUT2D eigenvalue weighted by molar-refractivity contribution is 9.10. The molecule has 0 aliphatic carbocycles. The van der Waals surface area contributed by atoms with Crippen molar-refractivity contribution < 1.29 is 19.1 Å². The second-order valence-electron chi connectivity index (χ2n) is 8.94. The summed E-state index contributed by atoms with van der Waals surface area (Å²) in [5, 5.41) is 2.77. The molecule has 0 saturated carbocycles. The smallest absolute Gasteiger partial charge is 0.302 e. The summed E-state index contributed by atoms with van der Waals surface area (Å²) in [7, 11) is 0. The van der Waals surface area contributed by atoms with Crippen molar-refractivity contribution in [1.82, 2.24) is 44.0 Å². The van der Waals surface area contributed by atoms with Crippen molar-refractivity contribution in [2.75, 3.05) is 24.7 Å². The van der Waals surface area contributed by atoms with Gasteiger partial charge in [0.05, 0.1) is 18.1 Å². The summed E-state index contributed by atoms with van der Waals surface area (Å²) in [6.45, 7) is 4.10. The Morgan fingerprint density at radius 2 is 1.47 bits per heavy atom. The number of hydrogen-bond acceptors (Lipinski definition) is 13. The molecular weight excluding hydrogens is 642 g/mol. The van der Waals surface area contributed by atoms with Gasteiger partial charge in [0, 0.05) is 24.8 Å². The summed E-state index contributed by atoms with van der Waals surface area (Å²) in [5.41, 5.74) is 15.0. The van der Waals surface area contributed by atoms with Gasteiger partial charge in [-0.3, -0.25) is 18.7 Å². The van der Waals surface area contributed by atoms with Crippen molar-refractivity contribution in [2.24, 2.45) is 0 Å². The summed E-state index contributed by atoms with van der Waals surface area (Å²) in [4.78, 5) is 50.1. The predicted octanol–water partition coefficient (Wildman–Crippen LogP) is 3.34. The fourth-order valence-corrected chi connectivity index (χ4v) is 5.59. The highest BCUT2D eigenvalue weighted by Gasteiger charge is 2.17. The van der Waals surface area contributed by atoms with Gasteiger partial charge in [-0.05, 0) is 39.8 Å². The number of nitrogen functional groups attached to an aromatic ring is 2. The molecule has 5 aromatic heterocycles. The van der Waals surface area contributed by atoms with Gasteiger partial charge < -0.3 is 25.9 Å². The summed E-state index contributed by atoms with van der Waals surface area (Å²) >= 11 is 4.76. The standard InChI is InChI=1S/C17H16N6O2S.C9H10BrN5O2/c1-10(24)25-7-6-23-16-14(15(18)19-9-20-16)22-17(23)26-13-8-11-4-2-3-5-12(11)21-13;1-5(16)17-3-2-15-8-6(14-9(15)10)7(11)12-4-13-8/h2-5,8-9,21H,6-7H2,1H3,(H2,18,19,20);4H,2-3H2,1H3,(H2,11,12,13). The zero-order valence-electron chi connectivity index (χ0n) is 23.0. The highest BCUT2D eigenvalue weighted by Crippen LogP contribution is 2.32. The van der Waals surface area contributed by atoms with E-state index in [1.165, 1.54) is 38.3 Å². The average molecular weight is 669 g/mol. The van der Waals surface area contributed by atoms with Crippen molar-refractivity contribution in [3.05, 3.63) is 47.7 Å². The number of rotatable bonds is 8. The number of imidazole rings is 2. The number of aromatic nitrogens is 9. The first-order valence-corrected chi connectivity index (χ1v) is 14.4. The lowest BCUT2D eigenvalue weighted by molar-refractivity contribution is -0.142. The number of aromatic amines is 1. The number of anilines is 2. The average Bonchev–Trinajstić information content (AvgIpc) is 3.63.